The Morgan fingerprint density at radius 3 is 2.16 bits per heavy atom. The molecule has 0 spiro atoms. The normalized spacial score (nSPS) is 16.1. The molecule has 1 aliphatic heterocycles. The van der Waals surface area contributed by atoms with Crippen LogP contribution in [0.2, 0.25) is 0 Å². The van der Waals surface area contributed by atoms with Crippen LogP contribution < -0.4 is 0 Å². The van der Waals surface area contributed by atoms with Crippen LogP contribution >= 0.6 is 0 Å². The van der Waals surface area contributed by atoms with E-state index in [1.807, 2.05) is 0 Å². The minimum absolute atomic E-state index is 0.0374. The molecule has 11 heteroatoms. The summed E-state index contributed by atoms with van der Waals surface area (Å²) < 4.78 is 42.5. The number of rotatable bonds is 9. The van der Waals surface area contributed by atoms with Gasteiger partial charge in [0.15, 0.2) is 0 Å². The van der Waals surface area contributed by atoms with Gasteiger partial charge in [0, 0.05) is 39.8 Å². The highest BCUT2D eigenvalue weighted by Gasteiger charge is 2.34. The van der Waals surface area contributed by atoms with E-state index in [9.17, 15) is 18.0 Å². The van der Waals surface area contributed by atoms with Crippen LogP contribution in [0.1, 0.15) is 13.8 Å². The number of amides is 1. The van der Waals surface area contributed by atoms with Crippen LogP contribution in [0.5, 0.6) is 0 Å². The lowest BCUT2D eigenvalue weighted by Crippen LogP contribution is -2.55. The van der Waals surface area contributed by atoms with Crippen molar-refractivity contribution in [1.82, 2.24) is 13.5 Å². The van der Waals surface area contributed by atoms with Gasteiger partial charge in [0.2, 0.25) is 0 Å². The van der Waals surface area contributed by atoms with Gasteiger partial charge in [-0.1, -0.05) is 0 Å². The molecule has 0 aromatic carbocycles. The number of hydrogen-bond donors (Lipinski definition) is 0. The Morgan fingerprint density at radius 2 is 1.64 bits per heavy atom. The highest BCUT2D eigenvalue weighted by molar-refractivity contribution is 7.86. The Morgan fingerprint density at radius 1 is 1.04 bits per heavy atom. The summed E-state index contributed by atoms with van der Waals surface area (Å²) in [6.07, 6.45) is -0.456. The van der Waals surface area contributed by atoms with Gasteiger partial charge in [-0.05, 0) is 13.8 Å². The van der Waals surface area contributed by atoms with E-state index < -0.39 is 22.3 Å². The van der Waals surface area contributed by atoms with Gasteiger partial charge < -0.3 is 19.1 Å². The van der Waals surface area contributed by atoms with Crippen LogP contribution in [0, 0.1) is 0 Å². The third-order valence-electron chi connectivity index (χ3n) is 3.57. The number of piperazine rings is 1. The maximum absolute atomic E-state index is 12.8. The first kappa shape index (κ1) is 21.6. The van der Waals surface area contributed by atoms with Crippen LogP contribution in [-0.2, 0) is 29.2 Å². The molecule has 1 rings (SSSR count). The van der Waals surface area contributed by atoms with Crippen molar-refractivity contribution in [2.45, 2.75) is 13.8 Å². The van der Waals surface area contributed by atoms with E-state index in [1.54, 1.807) is 13.8 Å². The van der Waals surface area contributed by atoms with Gasteiger partial charge in [0.05, 0.1) is 19.8 Å². The third-order valence-corrected chi connectivity index (χ3v) is 5.55. The van der Waals surface area contributed by atoms with E-state index in [0.29, 0.717) is 0 Å². The summed E-state index contributed by atoms with van der Waals surface area (Å²) in [7, 11) is -2.41. The summed E-state index contributed by atoms with van der Waals surface area (Å²) in [6, 6.07) is 0. The monoisotopic (exact) mass is 381 g/mol. The molecule has 0 aromatic heterocycles. The smallest absolute Gasteiger partial charge is 0.409 e. The zero-order chi connectivity index (χ0) is 18.9. The van der Waals surface area contributed by atoms with Gasteiger partial charge in [-0.25, -0.2) is 4.79 Å². The SMILES string of the molecule is CCOC(=O)CN(CCOC)S(=O)(=O)N1CCN(C(=O)OCC)CC1. The molecule has 1 amide bonds. The molecule has 0 N–H and O–H groups in total. The molecule has 0 saturated carbocycles. The second kappa shape index (κ2) is 10.5. The Kier molecular flexibility index (Phi) is 9.11. The Bertz CT molecular complexity index is 533. The maximum atomic E-state index is 12.8. The van der Waals surface area contributed by atoms with E-state index in [-0.39, 0.29) is 59.1 Å². The van der Waals surface area contributed by atoms with Gasteiger partial charge in [0.1, 0.15) is 6.54 Å². The fourth-order valence-electron chi connectivity index (χ4n) is 2.30. The number of methoxy groups -OCH3 is 1. The van der Waals surface area contributed by atoms with Crippen molar-refractivity contribution in [2.75, 3.05) is 66.2 Å². The zero-order valence-corrected chi connectivity index (χ0v) is 15.8. The number of ether oxygens (including phenoxy) is 3. The summed E-state index contributed by atoms with van der Waals surface area (Å²) in [5.74, 6) is -0.618. The van der Waals surface area contributed by atoms with Crippen molar-refractivity contribution < 1.29 is 32.2 Å². The number of esters is 1. The van der Waals surface area contributed by atoms with Crippen molar-refractivity contribution in [3.63, 3.8) is 0 Å². The second-order valence-corrected chi connectivity index (χ2v) is 7.15. The fraction of sp³-hybridized carbons (Fsp3) is 0.857. The lowest BCUT2D eigenvalue weighted by Gasteiger charge is -2.35. The van der Waals surface area contributed by atoms with Crippen molar-refractivity contribution in [2.24, 2.45) is 0 Å². The summed E-state index contributed by atoms with van der Waals surface area (Å²) in [4.78, 5) is 24.9. The summed E-state index contributed by atoms with van der Waals surface area (Å²) in [5, 5.41) is 0. The maximum Gasteiger partial charge on any atom is 0.409 e. The van der Waals surface area contributed by atoms with Crippen molar-refractivity contribution in [1.29, 1.82) is 0 Å². The van der Waals surface area contributed by atoms with E-state index in [4.69, 9.17) is 14.2 Å². The molecule has 25 heavy (non-hydrogen) atoms. The molecule has 1 fully saturated rings. The lowest BCUT2D eigenvalue weighted by atomic mass is 10.4. The molecule has 0 aromatic rings. The first-order chi connectivity index (χ1) is 11.9. The highest BCUT2D eigenvalue weighted by atomic mass is 32.2. The Hall–Kier alpha value is -1.43. The fourth-order valence-corrected chi connectivity index (χ4v) is 3.82. The highest BCUT2D eigenvalue weighted by Crippen LogP contribution is 2.13. The van der Waals surface area contributed by atoms with Crippen molar-refractivity contribution >= 4 is 22.3 Å². The van der Waals surface area contributed by atoms with Gasteiger partial charge >= 0.3 is 12.1 Å². The molecule has 0 atom stereocenters. The molecule has 0 unspecified atom stereocenters. The van der Waals surface area contributed by atoms with Crippen molar-refractivity contribution in [3.05, 3.63) is 0 Å². The summed E-state index contributed by atoms with van der Waals surface area (Å²) in [5.41, 5.74) is 0. The molecule has 10 nitrogen and oxygen atoms in total. The molecule has 0 radical (unpaired) electrons. The van der Waals surface area contributed by atoms with Gasteiger partial charge in [-0.3, -0.25) is 4.79 Å². The van der Waals surface area contributed by atoms with E-state index in [1.165, 1.54) is 16.3 Å². The molecule has 0 aliphatic carbocycles. The quantitative estimate of drug-likeness (QED) is 0.497. The molecule has 1 aliphatic rings. The predicted octanol–water partition coefficient (Wildman–Crippen LogP) is -0.483. The van der Waals surface area contributed by atoms with Crippen LogP contribution in [0.25, 0.3) is 0 Å². The summed E-state index contributed by atoms with van der Waals surface area (Å²) in [6.45, 7) is 4.35. The first-order valence-corrected chi connectivity index (χ1v) is 9.57. The zero-order valence-electron chi connectivity index (χ0n) is 15.0. The standard InChI is InChI=1S/C14H27N3O7S/c1-4-23-13(18)12-17(10-11-22-3)25(20,21)16-8-6-15(7-9-16)14(19)24-5-2/h4-12H2,1-3H3. The molecular formula is C14H27N3O7S. The van der Waals surface area contributed by atoms with Crippen LogP contribution in [0.3, 0.4) is 0 Å². The molecule has 1 heterocycles. The molecule has 146 valence electrons. The van der Waals surface area contributed by atoms with Crippen LogP contribution in [0.15, 0.2) is 0 Å². The number of hydrogen-bond acceptors (Lipinski definition) is 7. The Labute approximate surface area is 148 Å². The average Bonchev–Trinajstić information content (AvgIpc) is 2.59. The van der Waals surface area contributed by atoms with Gasteiger partial charge in [-0.2, -0.15) is 17.0 Å². The second-order valence-electron chi connectivity index (χ2n) is 5.22. The Balaban J connectivity index is 2.74. The van der Waals surface area contributed by atoms with E-state index in [2.05, 4.69) is 0 Å². The topological polar surface area (TPSA) is 106 Å². The minimum Gasteiger partial charge on any atom is -0.465 e. The minimum atomic E-state index is -3.86. The summed E-state index contributed by atoms with van der Waals surface area (Å²) >= 11 is 0. The number of carbonyl (C=O) groups is 2. The first-order valence-electron chi connectivity index (χ1n) is 8.18. The van der Waals surface area contributed by atoms with E-state index >= 15 is 0 Å². The average molecular weight is 381 g/mol. The lowest BCUT2D eigenvalue weighted by molar-refractivity contribution is -0.143. The third kappa shape index (κ3) is 6.42. The largest absolute Gasteiger partial charge is 0.465 e. The van der Waals surface area contributed by atoms with Gasteiger partial charge in [-0.15, -0.1) is 0 Å². The molecule has 0 bridgehead atoms. The molecule has 1 saturated heterocycles. The van der Waals surface area contributed by atoms with Gasteiger partial charge in [0.25, 0.3) is 10.2 Å². The van der Waals surface area contributed by atoms with Crippen LogP contribution in [-0.4, -0.2) is 100 Å². The number of carbonyl (C=O) groups excluding carboxylic acids is 2. The van der Waals surface area contributed by atoms with Crippen molar-refractivity contribution in [3.8, 4) is 0 Å². The number of nitrogens with zero attached hydrogens (tertiary/aromatic N) is 3. The van der Waals surface area contributed by atoms with E-state index in [0.717, 1.165) is 4.31 Å². The van der Waals surface area contributed by atoms with Crippen LogP contribution in [0.4, 0.5) is 4.79 Å². The predicted molar refractivity (Wildman–Crippen MR) is 89.2 cm³/mol. The molecular weight excluding hydrogens is 354 g/mol.